The highest BCUT2D eigenvalue weighted by Crippen LogP contribution is 2.25. The predicted octanol–water partition coefficient (Wildman–Crippen LogP) is 3.00. The molecule has 1 aromatic heterocycles. The Morgan fingerprint density at radius 3 is 2.79 bits per heavy atom. The highest BCUT2D eigenvalue weighted by atomic mass is 16.6. The molecule has 2 atom stereocenters. The third-order valence-electron chi connectivity index (χ3n) is 4.10. The Hall–Kier alpha value is -2.41. The zero-order valence-electron chi connectivity index (χ0n) is 14.2. The van der Waals surface area contributed by atoms with Crippen LogP contribution in [0.25, 0.3) is 0 Å². The topological polar surface area (TPSA) is 80.5 Å². The fraction of sp³-hybridized carbons (Fsp3) is 0.471. The summed E-state index contributed by atoms with van der Waals surface area (Å²) in [7, 11) is 0. The number of amides is 1. The summed E-state index contributed by atoms with van der Waals surface area (Å²) in [6, 6.07) is 7.89. The van der Waals surface area contributed by atoms with Gasteiger partial charge < -0.3 is 9.15 Å². The minimum Gasteiger partial charge on any atom is -0.447 e. The number of hydrogen-bond donors (Lipinski definition) is 1. The van der Waals surface area contributed by atoms with Gasteiger partial charge in [0.15, 0.2) is 0 Å². The zero-order chi connectivity index (χ0) is 17.1. The Morgan fingerprint density at radius 1 is 1.29 bits per heavy atom. The molecule has 1 aliphatic rings. The molecule has 2 aromatic rings. The summed E-state index contributed by atoms with van der Waals surface area (Å²) >= 11 is 0. The summed E-state index contributed by atoms with van der Waals surface area (Å²) in [5, 5.41) is 11.5. The molecule has 1 aliphatic heterocycles. The molecular weight excluding hydrogens is 308 g/mol. The molecule has 3 rings (SSSR count). The van der Waals surface area contributed by atoms with Crippen LogP contribution < -0.4 is 10.2 Å². The number of anilines is 1. The number of nitrogens with one attached hydrogen (secondary N) is 1. The van der Waals surface area contributed by atoms with Crippen LogP contribution in [0.5, 0.6) is 0 Å². The quantitative estimate of drug-likeness (QED) is 0.877. The van der Waals surface area contributed by atoms with E-state index < -0.39 is 0 Å². The summed E-state index contributed by atoms with van der Waals surface area (Å²) in [5.41, 5.74) is 1.93. The first-order valence-corrected chi connectivity index (χ1v) is 8.21. The maximum atomic E-state index is 11.7. The van der Waals surface area contributed by atoms with Crippen molar-refractivity contribution in [2.45, 2.75) is 39.3 Å². The molecule has 128 valence electrons. The number of nitrogens with zero attached hydrogens (tertiary/aromatic N) is 3. The van der Waals surface area contributed by atoms with Crippen LogP contribution in [0.4, 0.5) is 10.5 Å². The lowest BCUT2D eigenvalue weighted by Crippen LogP contribution is -2.25. The minimum atomic E-state index is -0.293. The van der Waals surface area contributed by atoms with Gasteiger partial charge in [-0.05, 0) is 31.5 Å². The molecule has 1 aromatic carbocycles. The molecule has 1 fully saturated rings. The van der Waals surface area contributed by atoms with Crippen molar-refractivity contribution in [1.29, 1.82) is 0 Å². The molecular formula is C17H22N4O3. The van der Waals surface area contributed by atoms with Crippen molar-refractivity contribution in [3.63, 3.8) is 0 Å². The van der Waals surface area contributed by atoms with E-state index in [4.69, 9.17) is 9.15 Å². The number of rotatable bonds is 6. The van der Waals surface area contributed by atoms with E-state index in [0.29, 0.717) is 24.9 Å². The molecule has 2 heterocycles. The van der Waals surface area contributed by atoms with Crippen molar-refractivity contribution in [1.82, 2.24) is 15.5 Å². The van der Waals surface area contributed by atoms with Crippen molar-refractivity contribution < 1.29 is 13.9 Å². The fourth-order valence-electron chi connectivity index (χ4n) is 2.72. The normalized spacial score (nSPS) is 17.0. The molecule has 1 N–H and O–H groups in total. The van der Waals surface area contributed by atoms with E-state index in [9.17, 15) is 4.79 Å². The van der Waals surface area contributed by atoms with Crippen molar-refractivity contribution >= 4 is 11.8 Å². The van der Waals surface area contributed by atoms with Crippen LogP contribution in [0.2, 0.25) is 0 Å². The fourth-order valence-corrected chi connectivity index (χ4v) is 2.72. The molecule has 1 saturated heterocycles. The third kappa shape index (κ3) is 3.41. The summed E-state index contributed by atoms with van der Waals surface area (Å²) in [5.74, 6) is 1.22. The van der Waals surface area contributed by atoms with E-state index in [2.05, 4.69) is 22.4 Å². The first-order valence-electron chi connectivity index (χ1n) is 8.21. The van der Waals surface area contributed by atoms with Crippen molar-refractivity contribution in [3.05, 3.63) is 41.6 Å². The predicted molar refractivity (Wildman–Crippen MR) is 88.8 cm³/mol. The van der Waals surface area contributed by atoms with Crippen molar-refractivity contribution in [3.8, 4) is 0 Å². The zero-order valence-corrected chi connectivity index (χ0v) is 14.2. The molecule has 0 spiro atoms. The van der Waals surface area contributed by atoms with Crippen LogP contribution in [-0.4, -0.2) is 29.4 Å². The lowest BCUT2D eigenvalue weighted by atomic mass is 10.1. The van der Waals surface area contributed by atoms with Crippen LogP contribution in [0, 0.1) is 0 Å². The van der Waals surface area contributed by atoms with Gasteiger partial charge in [-0.2, -0.15) is 0 Å². The van der Waals surface area contributed by atoms with Crippen LogP contribution in [0.15, 0.2) is 28.7 Å². The molecule has 7 heteroatoms. The molecule has 1 amide bonds. The second-order valence-corrected chi connectivity index (χ2v) is 5.86. The maximum Gasteiger partial charge on any atom is 0.414 e. The van der Waals surface area contributed by atoms with Gasteiger partial charge in [0.1, 0.15) is 6.61 Å². The van der Waals surface area contributed by atoms with Crippen LogP contribution >= 0.6 is 0 Å². The average molecular weight is 330 g/mol. The Labute approximate surface area is 141 Å². The number of aryl methyl sites for hydroxylation is 1. The molecule has 0 bridgehead atoms. The average Bonchev–Trinajstić information content (AvgIpc) is 3.23. The number of aromatic nitrogens is 2. The molecule has 7 nitrogen and oxygen atoms in total. The largest absolute Gasteiger partial charge is 0.447 e. The minimum absolute atomic E-state index is 0.0618. The lowest BCUT2D eigenvalue weighted by molar-refractivity contribution is 0.181. The van der Waals surface area contributed by atoms with Gasteiger partial charge in [0.05, 0.1) is 12.6 Å². The van der Waals surface area contributed by atoms with Gasteiger partial charge in [-0.3, -0.25) is 10.2 Å². The van der Waals surface area contributed by atoms with E-state index in [0.717, 1.165) is 17.7 Å². The van der Waals surface area contributed by atoms with Gasteiger partial charge in [0.25, 0.3) is 0 Å². The molecule has 24 heavy (non-hydrogen) atoms. The monoisotopic (exact) mass is 330 g/mol. The van der Waals surface area contributed by atoms with Gasteiger partial charge in [0.2, 0.25) is 11.8 Å². The number of benzene rings is 1. The van der Waals surface area contributed by atoms with E-state index >= 15 is 0 Å². The summed E-state index contributed by atoms with van der Waals surface area (Å²) < 4.78 is 10.6. The van der Waals surface area contributed by atoms with Gasteiger partial charge in [-0.1, -0.05) is 19.1 Å². The van der Waals surface area contributed by atoms with Gasteiger partial charge in [-0.25, -0.2) is 4.79 Å². The number of ether oxygens (including phenoxy) is 1. The van der Waals surface area contributed by atoms with Gasteiger partial charge in [0, 0.05) is 18.2 Å². The highest BCUT2D eigenvalue weighted by molar-refractivity contribution is 5.89. The Bertz CT molecular complexity index is 715. The van der Waals surface area contributed by atoms with Crippen molar-refractivity contribution in [2.24, 2.45) is 0 Å². The number of cyclic esters (lactones) is 1. The van der Waals surface area contributed by atoms with Gasteiger partial charge in [-0.15, -0.1) is 10.2 Å². The second-order valence-electron chi connectivity index (χ2n) is 5.86. The standard InChI is InChI=1S/C17H22N4O3/c1-4-15-19-20-16(24-15)12(3)18-11(2)13-6-5-7-14(10-13)21-8-9-23-17(21)22/h5-7,10-12,18H,4,8-9H2,1-3H3/t11-,12-/m0/s1. The summed E-state index contributed by atoms with van der Waals surface area (Å²) in [6.45, 7) is 7.06. The highest BCUT2D eigenvalue weighted by Gasteiger charge is 2.24. The SMILES string of the molecule is CCc1nnc([C@H](C)N[C@@H](C)c2cccc(N3CCOC3=O)c2)o1. The molecule has 0 radical (unpaired) electrons. The van der Waals surface area contributed by atoms with Crippen LogP contribution in [-0.2, 0) is 11.2 Å². The Balaban J connectivity index is 1.70. The van der Waals surface area contributed by atoms with Crippen molar-refractivity contribution in [2.75, 3.05) is 18.1 Å². The van der Waals surface area contributed by atoms with Gasteiger partial charge >= 0.3 is 6.09 Å². The van der Waals surface area contributed by atoms with Crippen LogP contribution in [0.1, 0.15) is 50.2 Å². The van der Waals surface area contributed by atoms with Crippen LogP contribution in [0.3, 0.4) is 0 Å². The van der Waals surface area contributed by atoms with E-state index in [1.165, 1.54) is 0 Å². The third-order valence-corrected chi connectivity index (χ3v) is 4.10. The number of carbonyl (C=O) groups excluding carboxylic acids is 1. The lowest BCUT2D eigenvalue weighted by Gasteiger charge is -2.20. The number of hydrogen-bond acceptors (Lipinski definition) is 6. The Kier molecular flexibility index (Phi) is 4.80. The smallest absolute Gasteiger partial charge is 0.414 e. The summed E-state index contributed by atoms with van der Waals surface area (Å²) in [6.07, 6.45) is 0.433. The van der Waals surface area contributed by atoms with E-state index in [-0.39, 0.29) is 18.2 Å². The Morgan fingerprint density at radius 2 is 2.12 bits per heavy atom. The first kappa shape index (κ1) is 16.4. The van der Waals surface area contributed by atoms with E-state index in [1.807, 2.05) is 38.1 Å². The molecule has 0 unspecified atom stereocenters. The molecule has 0 aliphatic carbocycles. The summed E-state index contributed by atoms with van der Waals surface area (Å²) in [4.78, 5) is 13.4. The number of carbonyl (C=O) groups is 1. The maximum absolute atomic E-state index is 11.7. The van der Waals surface area contributed by atoms with E-state index in [1.54, 1.807) is 4.90 Å². The first-order chi connectivity index (χ1) is 11.6. The second kappa shape index (κ2) is 7.00. The molecule has 0 saturated carbocycles.